The van der Waals surface area contributed by atoms with Gasteiger partial charge in [-0.05, 0) is 36.5 Å². The van der Waals surface area contributed by atoms with Crippen molar-refractivity contribution in [3.05, 3.63) is 0 Å². The summed E-state index contributed by atoms with van der Waals surface area (Å²) in [5, 5.41) is 0. The van der Waals surface area contributed by atoms with Gasteiger partial charge in [0.1, 0.15) is 0 Å². The van der Waals surface area contributed by atoms with Gasteiger partial charge >= 0.3 is 0 Å². The van der Waals surface area contributed by atoms with Crippen molar-refractivity contribution >= 4 is 0 Å². The van der Waals surface area contributed by atoms with Crippen molar-refractivity contribution in [3.63, 3.8) is 0 Å². The summed E-state index contributed by atoms with van der Waals surface area (Å²) in [6, 6.07) is 0. The minimum absolute atomic E-state index is 0.402. The second-order valence-electron chi connectivity index (χ2n) is 7.64. The first-order chi connectivity index (χ1) is 8.69. The van der Waals surface area contributed by atoms with E-state index in [0.717, 1.165) is 12.8 Å². The van der Waals surface area contributed by atoms with Gasteiger partial charge in [0.05, 0.1) is 12.2 Å². The number of rotatable bonds is 10. The van der Waals surface area contributed by atoms with Crippen LogP contribution in [0.25, 0.3) is 0 Å². The fourth-order valence-electron chi connectivity index (χ4n) is 2.37. The molecule has 0 aromatic rings. The van der Waals surface area contributed by atoms with Crippen molar-refractivity contribution < 1.29 is 4.74 Å². The third-order valence-electron chi connectivity index (χ3n) is 4.77. The van der Waals surface area contributed by atoms with E-state index >= 15 is 0 Å². The van der Waals surface area contributed by atoms with E-state index in [2.05, 4.69) is 55.4 Å². The van der Waals surface area contributed by atoms with Crippen molar-refractivity contribution in [2.75, 3.05) is 0 Å². The zero-order valence-electron chi connectivity index (χ0n) is 14.8. The monoisotopic (exact) mass is 270 g/mol. The lowest BCUT2D eigenvalue weighted by Crippen LogP contribution is -2.30. The van der Waals surface area contributed by atoms with E-state index in [9.17, 15) is 0 Å². The molecule has 1 heteroatoms. The lowest BCUT2D eigenvalue weighted by molar-refractivity contribution is -0.0536. The lowest BCUT2D eigenvalue weighted by atomic mass is 9.82. The summed E-state index contributed by atoms with van der Waals surface area (Å²) >= 11 is 0. The number of ether oxygens (including phenoxy) is 1. The molecule has 0 heterocycles. The van der Waals surface area contributed by atoms with Crippen LogP contribution < -0.4 is 0 Å². The third-order valence-corrected chi connectivity index (χ3v) is 4.77. The van der Waals surface area contributed by atoms with E-state index in [1.54, 1.807) is 0 Å². The maximum absolute atomic E-state index is 6.42. The molecule has 2 atom stereocenters. The summed E-state index contributed by atoms with van der Waals surface area (Å²) in [5.41, 5.74) is 0.804. The van der Waals surface area contributed by atoms with Gasteiger partial charge in [0.15, 0.2) is 0 Å². The summed E-state index contributed by atoms with van der Waals surface area (Å²) < 4.78 is 6.42. The van der Waals surface area contributed by atoms with Crippen molar-refractivity contribution in [2.45, 2.75) is 106 Å². The lowest BCUT2D eigenvalue weighted by Gasteiger charge is -2.34. The van der Waals surface area contributed by atoms with Gasteiger partial charge in [0, 0.05) is 0 Å². The average molecular weight is 271 g/mol. The van der Waals surface area contributed by atoms with Gasteiger partial charge in [-0.25, -0.2) is 0 Å². The molecule has 0 aromatic carbocycles. The molecule has 0 aliphatic heterocycles. The van der Waals surface area contributed by atoms with Crippen LogP contribution in [0.3, 0.4) is 0 Å². The van der Waals surface area contributed by atoms with Crippen LogP contribution in [-0.4, -0.2) is 12.2 Å². The van der Waals surface area contributed by atoms with Gasteiger partial charge in [0.2, 0.25) is 0 Å². The highest BCUT2D eigenvalue weighted by Crippen LogP contribution is 2.32. The zero-order valence-corrected chi connectivity index (χ0v) is 14.8. The highest BCUT2D eigenvalue weighted by atomic mass is 16.5. The summed E-state index contributed by atoms with van der Waals surface area (Å²) in [6.07, 6.45) is 7.93. The number of hydrogen-bond donors (Lipinski definition) is 0. The molecule has 0 fully saturated rings. The maximum atomic E-state index is 6.42. The second-order valence-corrected chi connectivity index (χ2v) is 7.64. The Morgan fingerprint density at radius 2 is 1.00 bits per heavy atom. The van der Waals surface area contributed by atoms with Gasteiger partial charge in [-0.1, -0.05) is 68.2 Å². The Hall–Kier alpha value is -0.0400. The maximum Gasteiger partial charge on any atom is 0.0581 e. The summed E-state index contributed by atoms with van der Waals surface area (Å²) in [7, 11) is 0. The van der Waals surface area contributed by atoms with Crippen LogP contribution in [0.2, 0.25) is 0 Å². The molecule has 19 heavy (non-hydrogen) atoms. The van der Waals surface area contributed by atoms with Gasteiger partial charge < -0.3 is 4.74 Å². The molecule has 0 saturated heterocycles. The van der Waals surface area contributed by atoms with E-state index in [0.29, 0.717) is 23.0 Å². The highest BCUT2D eigenvalue weighted by Gasteiger charge is 2.26. The first kappa shape index (κ1) is 19.0. The smallest absolute Gasteiger partial charge is 0.0581 e. The molecular weight excluding hydrogens is 232 g/mol. The topological polar surface area (TPSA) is 9.23 Å². The molecule has 0 radical (unpaired) electrons. The molecule has 1 nitrogen and oxygen atoms in total. The van der Waals surface area contributed by atoms with Crippen molar-refractivity contribution in [2.24, 2.45) is 10.8 Å². The highest BCUT2D eigenvalue weighted by molar-refractivity contribution is 4.76. The van der Waals surface area contributed by atoms with E-state index < -0.39 is 0 Å². The SMILES string of the molecule is CCC(CC(C)(C)CC)OC(CC)CC(C)(C)CC. The Balaban J connectivity index is 4.48. The standard InChI is InChI=1S/C18H38O/c1-9-15(13-17(5,6)11-3)19-16(10-2)14-18(7,8)12-4/h15-16H,9-14H2,1-8H3. The molecule has 116 valence electrons. The first-order valence-corrected chi connectivity index (χ1v) is 8.35. The van der Waals surface area contributed by atoms with Crippen LogP contribution in [-0.2, 0) is 4.74 Å². The van der Waals surface area contributed by atoms with Crippen molar-refractivity contribution in [1.82, 2.24) is 0 Å². The van der Waals surface area contributed by atoms with E-state index in [4.69, 9.17) is 4.74 Å². The van der Waals surface area contributed by atoms with Gasteiger partial charge in [-0.15, -0.1) is 0 Å². The van der Waals surface area contributed by atoms with E-state index in [1.807, 2.05) is 0 Å². The molecule has 0 bridgehead atoms. The minimum Gasteiger partial charge on any atom is -0.375 e. The third kappa shape index (κ3) is 7.97. The van der Waals surface area contributed by atoms with E-state index in [-0.39, 0.29) is 0 Å². The minimum atomic E-state index is 0.402. The van der Waals surface area contributed by atoms with Gasteiger partial charge in [0.25, 0.3) is 0 Å². The van der Waals surface area contributed by atoms with Crippen LogP contribution in [0.15, 0.2) is 0 Å². The number of hydrogen-bond acceptors (Lipinski definition) is 1. The van der Waals surface area contributed by atoms with Gasteiger partial charge in [-0.2, -0.15) is 0 Å². The van der Waals surface area contributed by atoms with Gasteiger partial charge in [-0.3, -0.25) is 0 Å². The predicted molar refractivity (Wildman–Crippen MR) is 86.6 cm³/mol. The molecule has 2 unspecified atom stereocenters. The summed E-state index contributed by atoms with van der Waals surface area (Å²) in [5.74, 6) is 0. The zero-order chi connectivity index (χ0) is 15.1. The van der Waals surface area contributed by atoms with Crippen LogP contribution in [0.5, 0.6) is 0 Å². The fraction of sp³-hybridized carbons (Fsp3) is 1.00. The van der Waals surface area contributed by atoms with Crippen molar-refractivity contribution in [1.29, 1.82) is 0 Å². The molecule has 0 amide bonds. The Kier molecular flexibility index (Phi) is 8.27. The van der Waals surface area contributed by atoms with Crippen LogP contribution in [0, 0.1) is 10.8 Å². The quantitative estimate of drug-likeness (QED) is 0.458. The second kappa shape index (κ2) is 8.29. The molecule has 0 rings (SSSR count). The molecule has 0 aliphatic rings. The predicted octanol–water partition coefficient (Wildman–Crippen LogP) is 6.21. The Morgan fingerprint density at radius 1 is 0.684 bits per heavy atom. The fourth-order valence-corrected chi connectivity index (χ4v) is 2.37. The normalized spacial score (nSPS) is 16.4. The molecular formula is C18H38O. The van der Waals surface area contributed by atoms with Crippen molar-refractivity contribution in [3.8, 4) is 0 Å². The Morgan fingerprint density at radius 3 is 1.21 bits per heavy atom. The van der Waals surface area contributed by atoms with Crippen LogP contribution in [0.1, 0.15) is 93.9 Å². The summed E-state index contributed by atoms with van der Waals surface area (Å²) in [4.78, 5) is 0. The van der Waals surface area contributed by atoms with Crippen LogP contribution in [0.4, 0.5) is 0 Å². The first-order valence-electron chi connectivity index (χ1n) is 8.35. The largest absolute Gasteiger partial charge is 0.375 e. The van der Waals surface area contributed by atoms with Crippen LogP contribution >= 0.6 is 0 Å². The molecule has 0 saturated carbocycles. The van der Waals surface area contributed by atoms with E-state index in [1.165, 1.54) is 25.7 Å². The molecule has 0 spiro atoms. The molecule has 0 N–H and O–H groups in total. The average Bonchev–Trinajstić information content (AvgIpc) is 2.36. The Labute approximate surface area is 122 Å². The molecule has 0 aliphatic carbocycles. The Bertz CT molecular complexity index is 206. The summed E-state index contributed by atoms with van der Waals surface area (Å²) in [6.45, 7) is 18.5. The molecule has 0 aromatic heterocycles.